The molecule has 1 aliphatic heterocycles. The minimum Gasteiger partial charge on any atom is -0.369 e. The highest BCUT2D eigenvalue weighted by Crippen LogP contribution is 2.30. The van der Waals surface area contributed by atoms with Crippen molar-refractivity contribution in [1.29, 1.82) is 0 Å². The van der Waals surface area contributed by atoms with Crippen molar-refractivity contribution >= 4 is 0 Å². The quantitative estimate of drug-likeness (QED) is 0.181. The molecule has 0 aliphatic carbocycles. The van der Waals surface area contributed by atoms with E-state index in [0.29, 0.717) is 12.2 Å². The van der Waals surface area contributed by atoms with Gasteiger partial charge in [-0.05, 0) is 25.7 Å². The summed E-state index contributed by atoms with van der Waals surface area (Å²) in [5.74, 6) is 0. The van der Waals surface area contributed by atoms with Crippen LogP contribution >= 0.6 is 0 Å². The third-order valence-corrected chi connectivity index (χ3v) is 4.49. The molecule has 128 valence electrons. The third-order valence-electron chi connectivity index (χ3n) is 4.49. The molecular formula is C21H38O. The number of hydrogen-bond donors (Lipinski definition) is 0. The Morgan fingerprint density at radius 1 is 0.682 bits per heavy atom. The lowest BCUT2D eigenvalue weighted by molar-refractivity contribution is 0.358. The van der Waals surface area contributed by atoms with Crippen LogP contribution in [0.1, 0.15) is 97.3 Å². The number of ether oxygens (including phenoxy) is 1. The molecule has 1 fully saturated rings. The first-order chi connectivity index (χ1) is 10.9. The maximum Gasteiger partial charge on any atom is 0.0876 e. The zero-order valence-corrected chi connectivity index (χ0v) is 15.1. The van der Waals surface area contributed by atoms with Gasteiger partial charge >= 0.3 is 0 Å². The lowest BCUT2D eigenvalue weighted by atomic mass is 10.0. The van der Waals surface area contributed by atoms with Gasteiger partial charge in [0.2, 0.25) is 0 Å². The fraction of sp³-hybridized carbons (Fsp3) is 0.810. The summed E-state index contributed by atoms with van der Waals surface area (Å²) in [6, 6.07) is 0. The van der Waals surface area contributed by atoms with Crippen molar-refractivity contribution in [1.82, 2.24) is 0 Å². The molecule has 1 saturated heterocycles. The number of rotatable bonds is 15. The van der Waals surface area contributed by atoms with Crippen LogP contribution in [0.25, 0.3) is 0 Å². The summed E-state index contributed by atoms with van der Waals surface area (Å²) in [5, 5.41) is 0. The van der Waals surface area contributed by atoms with Crippen molar-refractivity contribution in [3.8, 4) is 0 Å². The summed E-state index contributed by atoms with van der Waals surface area (Å²) in [7, 11) is 0. The van der Waals surface area contributed by atoms with Crippen LogP contribution in [0.3, 0.4) is 0 Å². The SMILES string of the molecule is CC/C=C/C/C=C/C[C@H]1OC1CCCCCCCCCCC. The van der Waals surface area contributed by atoms with Crippen LogP contribution < -0.4 is 0 Å². The molecule has 1 aliphatic rings. The Morgan fingerprint density at radius 3 is 2.00 bits per heavy atom. The minimum absolute atomic E-state index is 0.528. The van der Waals surface area contributed by atoms with Crippen molar-refractivity contribution in [3.05, 3.63) is 24.3 Å². The van der Waals surface area contributed by atoms with Gasteiger partial charge in [-0.25, -0.2) is 0 Å². The van der Waals surface area contributed by atoms with Gasteiger partial charge in [0, 0.05) is 0 Å². The highest BCUT2D eigenvalue weighted by Gasteiger charge is 2.36. The third kappa shape index (κ3) is 11.1. The highest BCUT2D eigenvalue weighted by molar-refractivity contribution is 4.97. The normalized spacial score (nSPS) is 21.2. The maximum atomic E-state index is 5.75. The van der Waals surface area contributed by atoms with Gasteiger partial charge in [0.1, 0.15) is 0 Å². The summed E-state index contributed by atoms with van der Waals surface area (Å²) in [5.41, 5.74) is 0. The van der Waals surface area contributed by atoms with E-state index in [4.69, 9.17) is 4.74 Å². The summed E-state index contributed by atoms with van der Waals surface area (Å²) in [6.45, 7) is 4.46. The van der Waals surface area contributed by atoms with E-state index < -0.39 is 0 Å². The van der Waals surface area contributed by atoms with Crippen LogP contribution in [0, 0.1) is 0 Å². The molecule has 1 rings (SSSR count). The van der Waals surface area contributed by atoms with Gasteiger partial charge in [-0.3, -0.25) is 0 Å². The second-order valence-electron chi connectivity index (χ2n) is 6.65. The van der Waals surface area contributed by atoms with Crippen LogP contribution in [0.5, 0.6) is 0 Å². The molecule has 2 atom stereocenters. The number of allylic oxidation sites excluding steroid dienone is 3. The van der Waals surface area contributed by atoms with Gasteiger partial charge in [-0.15, -0.1) is 0 Å². The average Bonchev–Trinajstić information content (AvgIpc) is 3.27. The molecule has 0 spiro atoms. The van der Waals surface area contributed by atoms with Crippen molar-refractivity contribution in [2.24, 2.45) is 0 Å². The van der Waals surface area contributed by atoms with E-state index in [2.05, 4.69) is 38.2 Å². The van der Waals surface area contributed by atoms with E-state index in [1.807, 2.05) is 0 Å². The molecule has 1 nitrogen and oxygen atoms in total. The van der Waals surface area contributed by atoms with Gasteiger partial charge in [-0.2, -0.15) is 0 Å². The van der Waals surface area contributed by atoms with E-state index in [9.17, 15) is 0 Å². The Hall–Kier alpha value is -0.560. The summed E-state index contributed by atoms with van der Waals surface area (Å²) >= 11 is 0. The Bertz CT molecular complexity index is 292. The predicted octanol–water partition coefficient (Wildman–Crippen LogP) is 6.98. The average molecular weight is 307 g/mol. The molecule has 0 N–H and O–H groups in total. The molecule has 0 amide bonds. The smallest absolute Gasteiger partial charge is 0.0876 e. The summed E-state index contributed by atoms with van der Waals surface area (Å²) in [6.07, 6.45) is 27.5. The van der Waals surface area contributed by atoms with Crippen LogP contribution in [0.2, 0.25) is 0 Å². The van der Waals surface area contributed by atoms with Crippen LogP contribution in [0.15, 0.2) is 24.3 Å². The van der Waals surface area contributed by atoms with Crippen molar-refractivity contribution in [3.63, 3.8) is 0 Å². The second-order valence-corrected chi connectivity index (χ2v) is 6.65. The molecule has 0 radical (unpaired) electrons. The highest BCUT2D eigenvalue weighted by atomic mass is 16.6. The molecule has 22 heavy (non-hydrogen) atoms. The second kappa shape index (κ2) is 14.1. The van der Waals surface area contributed by atoms with Crippen molar-refractivity contribution < 1.29 is 4.74 Å². The number of epoxide rings is 1. The van der Waals surface area contributed by atoms with Gasteiger partial charge < -0.3 is 4.74 Å². The van der Waals surface area contributed by atoms with Crippen LogP contribution in [0.4, 0.5) is 0 Å². The van der Waals surface area contributed by atoms with Crippen LogP contribution in [-0.2, 0) is 4.74 Å². The zero-order chi connectivity index (χ0) is 15.9. The number of hydrogen-bond acceptors (Lipinski definition) is 1. The molecule has 0 aromatic heterocycles. The molecule has 0 saturated carbocycles. The molecule has 1 heteroatoms. The fourth-order valence-electron chi connectivity index (χ4n) is 2.96. The molecule has 1 heterocycles. The van der Waals surface area contributed by atoms with Crippen molar-refractivity contribution in [2.75, 3.05) is 0 Å². The van der Waals surface area contributed by atoms with E-state index >= 15 is 0 Å². The Balaban J connectivity index is 1.81. The van der Waals surface area contributed by atoms with Crippen LogP contribution in [-0.4, -0.2) is 12.2 Å². The first kappa shape index (κ1) is 19.5. The minimum atomic E-state index is 0.528. The molecular weight excluding hydrogens is 268 g/mol. The largest absolute Gasteiger partial charge is 0.369 e. The monoisotopic (exact) mass is 306 g/mol. The predicted molar refractivity (Wildman–Crippen MR) is 98.3 cm³/mol. The Morgan fingerprint density at radius 2 is 1.32 bits per heavy atom. The lowest BCUT2D eigenvalue weighted by Crippen LogP contribution is -1.93. The molecule has 1 unspecified atom stereocenters. The van der Waals surface area contributed by atoms with Crippen molar-refractivity contribution in [2.45, 2.75) is 110 Å². The van der Waals surface area contributed by atoms with Gasteiger partial charge in [-0.1, -0.05) is 95.9 Å². The molecule has 0 aromatic rings. The van der Waals surface area contributed by atoms with Gasteiger partial charge in [0.15, 0.2) is 0 Å². The van der Waals surface area contributed by atoms with Gasteiger partial charge in [0.05, 0.1) is 12.2 Å². The molecule has 0 aromatic carbocycles. The Labute approximate surface area is 139 Å². The number of unbranched alkanes of at least 4 members (excludes halogenated alkanes) is 8. The first-order valence-corrected chi connectivity index (χ1v) is 9.84. The maximum absolute atomic E-state index is 5.75. The lowest BCUT2D eigenvalue weighted by Gasteiger charge is -2.01. The fourth-order valence-corrected chi connectivity index (χ4v) is 2.96. The van der Waals surface area contributed by atoms with E-state index in [1.54, 1.807) is 0 Å². The zero-order valence-electron chi connectivity index (χ0n) is 15.1. The van der Waals surface area contributed by atoms with E-state index in [1.165, 1.54) is 64.2 Å². The topological polar surface area (TPSA) is 12.5 Å². The van der Waals surface area contributed by atoms with Gasteiger partial charge in [0.25, 0.3) is 0 Å². The standard InChI is InChI=1S/C21H38O/c1-3-5-7-9-11-12-13-15-17-19-21-20(22-21)18-16-14-10-8-6-4-2/h6,8,14,16,20-21H,3-5,7,9-13,15,17-19H2,1-2H3/b8-6+,16-14+/t20-,21?/m1/s1. The first-order valence-electron chi connectivity index (χ1n) is 9.84. The van der Waals surface area contributed by atoms with E-state index in [-0.39, 0.29) is 0 Å². The molecule has 0 bridgehead atoms. The van der Waals surface area contributed by atoms with E-state index in [0.717, 1.165) is 19.3 Å². The summed E-state index contributed by atoms with van der Waals surface area (Å²) < 4.78 is 5.75. The Kier molecular flexibility index (Phi) is 12.5. The summed E-state index contributed by atoms with van der Waals surface area (Å²) in [4.78, 5) is 0.